The predicted octanol–water partition coefficient (Wildman–Crippen LogP) is 0.776. The molecule has 0 fully saturated rings. The van der Waals surface area contributed by atoms with Crippen LogP contribution in [0.15, 0.2) is 0 Å². The van der Waals surface area contributed by atoms with Crippen molar-refractivity contribution in [2.75, 3.05) is 6.61 Å². The first-order valence-electron chi connectivity index (χ1n) is 3.40. The van der Waals surface area contributed by atoms with Crippen LogP contribution in [-0.4, -0.2) is 22.4 Å². The molecule has 2 nitrogen and oxygen atoms in total. The molecule has 0 amide bonds. The third kappa shape index (κ3) is 1.95. The lowest BCUT2D eigenvalue weighted by Crippen LogP contribution is -2.38. The van der Waals surface area contributed by atoms with Gasteiger partial charge in [0, 0.05) is 0 Å². The Morgan fingerprint density at radius 3 is 1.89 bits per heavy atom. The first-order chi connectivity index (χ1) is 4.06. The molecular weight excluding hydrogens is 116 g/mol. The van der Waals surface area contributed by atoms with Crippen LogP contribution >= 0.6 is 0 Å². The Balaban J connectivity index is 3.92. The molecule has 56 valence electrons. The highest BCUT2D eigenvalue weighted by Crippen LogP contribution is 2.19. The molecule has 0 rings (SSSR count). The molecule has 1 atom stereocenters. The molecule has 0 spiro atoms. The highest BCUT2D eigenvalue weighted by atomic mass is 16.3. The van der Waals surface area contributed by atoms with Crippen LogP contribution in [0.2, 0.25) is 0 Å². The van der Waals surface area contributed by atoms with Gasteiger partial charge in [-0.05, 0) is 12.3 Å². The normalized spacial score (nSPS) is 18.0. The Kier molecular flexibility index (Phi) is 3.15. The molecular formula is C7H16O2. The topological polar surface area (TPSA) is 40.5 Å². The lowest BCUT2D eigenvalue weighted by atomic mass is 9.89. The van der Waals surface area contributed by atoms with Crippen LogP contribution in [0.4, 0.5) is 0 Å². The summed E-state index contributed by atoms with van der Waals surface area (Å²) in [6, 6.07) is 0. The minimum absolute atomic E-state index is 0.132. The van der Waals surface area contributed by atoms with Crippen LogP contribution in [-0.2, 0) is 0 Å². The Morgan fingerprint density at radius 1 is 1.44 bits per heavy atom. The van der Waals surface area contributed by atoms with Crippen LogP contribution in [0.1, 0.15) is 27.2 Å². The standard InChI is InChI=1S/C7H16O2/c1-4-7(9,5-8)6(2)3/h6,8-9H,4-5H2,1-3H3/t7-/m0/s1. The highest BCUT2D eigenvalue weighted by Gasteiger charge is 2.27. The van der Waals surface area contributed by atoms with Crippen molar-refractivity contribution in [3.63, 3.8) is 0 Å². The van der Waals surface area contributed by atoms with Crippen molar-refractivity contribution in [3.8, 4) is 0 Å². The van der Waals surface area contributed by atoms with E-state index >= 15 is 0 Å². The molecule has 0 radical (unpaired) electrons. The number of rotatable bonds is 3. The van der Waals surface area contributed by atoms with Gasteiger partial charge >= 0.3 is 0 Å². The van der Waals surface area contributed by atoms with Gasteiger partial charge in [-0.1, -0.05) is 20.8 Å². The molecule has 0 aromatic rings. The third-order valence-corrected chi connectivity index (χ3v) is 1.96. The summed E-state index contributed by atoms with van der Waals surface area (Å²) in [6.45, 7) is 5.54. The summed E-state index contributed by atoms with van der Waals surface area (Å²) in [5.74, 6) is 0.132. The molecule has 0 aromatic heterocycles. The smallest absolute Gasteiger partial charge is 0.0897 e. The van der Waals surface area contributed by atoms with Crippen molar-refractivity contribution in [1.29, 1.82) is 0 Å². The van der Waals surface area contributed by atoms with Gasteiger partial charge in [-0.2, -0.15) is 0 Å². The van der Waals surface area contributed by atoms with Crippen LogP contribution in [0.25, 0.3) is 0 Å². The first kappa shape index (κ1) is 8.92. The molecule has 0 aromatic carbocycles. The monoisotopic (exact) mass is 132 g/mol. The maximum atomic E-state index is 9.46. The minimum atomic E-state index is -0.861. The van der Waals surface area contributed by atoms with Gasteiger partial charge in [0.25, 0.3) is 0 Å². The van der Waals surface area contributed by atoms with Gasteiger partial charge in [0.2, 0.25) is 0 Å². The van der Waals surface area contributed by atoms with Crippen molar-refractivity contribution < 1.29 is 10.2 Å². The number of hydrogen-bond donors (Lipinski definition) is 2. The maximum absolute atomic E-state index is 9.46. The second-order valence-corrected chi connectivity index (χ2v) is 2.77. The fourth-order valence-corrected chi connectivity index (χ4v) is 0.703. The van der Waals surface area contributed by atoms with Crippen LogP contribution < -0.4 is 0 Å². The molecule has 0 bridgehead atoms. The Morgan fingerprint density at radius 2 is 1.89 bits per heavy atom. The van der Waals surface area contributed by atoms with Gasteiger partial charge in [-0.15, -0.1) is 0 Å². The fraction of sp³-hybridized carbons (Fsp3) is 1.00. The average molecular weight is 132 g/mol. The van der Waals surface area contributed by atoms with E-state index in [1.54, 1.807) is 0 Å². The summed E-state index contributed by atoms with van der Waals surface area (Å²) < 4.78 is 0. The van der Waals surface area contributed by atoms with E-state index in [9.17, 15) is 5.11 Å². The maximum Gasteiger partial charge on any atom is 0.0897 e. The number of hydrogen-bond acceptors (Lipinski definition) is 2. The van der Waals surface area contributed by atoms with E-state index in [1.165, 1.54) is 0 Å². The molecule has 9 heavy (non-hydrogen) atoms. The first-order valence-corrected chi connectivity index (χ1v) is 3.40. The lowest BCUT2D eigenvalue weighted by molar-refractivity contribution is -0.0536. The summed E-state index contributed by atoms with van der Waals surface area (Å²) in [7, 11) is 0. The SMILES string of the molecule is CC[C@](O)(CO)C(C)C. The van der Waals surface area contributed by atoms with Gasteiger partial charge in [0.05, 0.1) is 12.2 Å². The van der Waals surface area contributed by atoms with Crippen molar-refractivity contribution in [1.82, 2.24) is 0 Å². The lowest BCUT2D eigenvalue weighted by Gasteiger charge is -2.28. The van der Waals surface area contributed by atoms with E-state index in [-0.39, 0.29) is 12.5 Å². The summed E-state index contributed by atoms with van der Waals surface area (Å²) in [6.07, 6.45) is 0.612. The van der Waals surface area contributed by atoms with E-state index < -0.39 is 5.60 Å². The Bertz CT molecular complexity index is 75.0. The van der Waals surface area contributed by atoms with Crippen LogP contribution in [0.3, 0.4) is 0 Å². The zero-order valence-corrected chi connectivity index (χ0v) is 6.39. The van der Waals surface area contributed by atoms with Crippen LogP contribution in [0, 0.1) is 5.92 Å². The third-order valence-electron chi connectivity index (χ3n) is 1.96. The molecule has 2 N–H and O–H groups in total. The van der Waals surface area contributed by atoms with Gasteiger partial charge < -0.3 is 10.2 Å². The van der Waals surface area contributed by atoms with Crippen molar-refractivity contribution in [3.05, 3.63) is 0 Å². The van der Waals surface area contributed by atoms with E-state index in [1.807, 2.05) is 20.8 Å². The zero-order valence-electron chi connectivity index (χ0n) is 6.39. The number of aliphatic hydroxyl groups excluding tert-OH is 1. The van der Waals surface area contributed by atoms with Crippen LogP contribution in [0.5, 0.6) is 0 Å². The largest absolute Gasteiger partial charge is 0.393 e. The molecule has 0 aliphatic rings. The van der Waals surface area contributed by atoms with Gasteiger partial charge in [-0.3, -0.25) is 0 Å². The van der Waals surface area contributed by atoms with E-state index in [0.717, 1.165) is 0 Å². The van der Waals surface area contributed by atoms with E-state index in [0.29, 0.717) is 6.42 Å². The quantitative estimate of drug-likeness (QED) is 0.595. The molecule has 0 unspecified atom stereocenters. The number of aliphatic hydroxyl groups is 2. The van der Waals surface area contributed by atoms with E-state index in [4.69, 9.17) is 5.11 Å². The van der Waals surface area contributed by atoms with Crippen molar-refractivity contribution >= 4 is 0 Å². The molecule has 2 heteroatoms. The summed E-state index contributed by atoms with van der Waals surface area (Å²) in [5, 5.41) is 18.2. The molecule has 0 saturated heterocycles. The van der Waals surface area contributed by atoms with Crippen molar-refractivity contribution in [2.45, 2.75) is 32.8 Å². The van der Waals surface area contributed by atoms with Crippen molar-refractivity contribution in [2.24, 2.45) is 5.92 Å². The van der Waals surface area contributed by atoms with Gasteiger partial charge in [0.15, 0.2) is 0 Å². The predicted molar refractivity (Wildman–Crippen MR) is 37.2 cm³/mol. The summed E-state index contributed by atoms with van der Waals surface area (Å²) in [4.78, 5) is 0. The highest BCUT2D eigenvalue weighted by molar-refractivity contribution is 4.78. The summed E-state index contributed by atoms with van der Waals surface area (Å²) >= 11 is 0. The minimum Gasteiger partial charge on any atom is -0.393 e. The fourth-order valence-electron chi connectivity index (χ4n) is 0.703. The Hall–Kier alpha value is -0.0800. The second kappa shape index (κ2) is 3.18. The van der Waals surface area contributed by atoms with Gasteiger partial charge in [0.1, 0.15) is 0 Å². The molecule has 0 aliphatic carbocycles. The molecule has 0 heterocycles. The molecule has 0 aliphatic heterocycles. The Labute approximate surface area is 56.5 Å². The zero-order chi connectivity index (χ0) is 7.49. The molecule has 0 saturated carbocycles. The second-order valence-electron chi connectivity index (χ2n) is 2.77. The van der Waals surface area contributed by atoms with Gasteiger partial charge in [-0.25, -0.2) is 0 Å². The summed E-state index contributed by atoms with van der Waals surface area (Å²) in [5.41, 5.74) is -0.861. The average Bonchev–Trinajstić information content (AvgIpc) is 1.86. The van der Waals surface area contributed by atoms with E-state index in [2.05, 4.69) is 0 Å².